The summed E-state index contributed by atoms with van der Waals surface area (Å²) in [6.07, 6.45) is 4.28. The summed E-state index contributed by atoms with van der Waals surface area (Å²) in [5, 5.41) is 4.30. The number of para-hydroxylation sites is 1. The lowest BCUT2D eigenvalue weighted by atomic mass is 10.2. The summed E-state index contributed by atoms with van der Waals surface area (Å²) in [5.74, 6) is 0.0118. The first-order valence-corrected chi connectivity index (χ1v) is 6.80. The van der Waals surface area contributed by atoms with Crippen molar-refractivity contribution >= 4 is 18.3 Å². The molecule has 5 nitrogen and oxygen atoms in total. The Bertz CT molecular complexity index is 640. The largest absolute Gasteiger partial charge is 0.337 e. The molecule has 6 heteroatoms. The lowest BCUT2D eigenvalue weighted by molar-refractivity contribution is 0.0791. The van der Waals surface area contributed by atoms with Gasteiger partial charge in [-0.15, -0.1) is 12.4 Å². The predicted molar refractivity (Wildman–Crippen MR) is 84.0 cm³/mol. The molecule has 0 bridgehead atoms. The lowest BCUT2D eigenvalue weighted by Gasteiger charge is -2.14. The van der Waals surface area contributed by atoms with Crippen LogP contribution in [0, 0.1) is 6.92 Å². The van der Waals surface area contributed by atoms with E-state index in [0.29, 0.717) is 12.1 Å². The van der Waals surface area contributed by atoms with Crippen LogP contribution < -0.4 is 5.73 Å². The van der Waals surface area contributed by atoms with Gasteiger partial charge in [0.25, 0.3) is 5.91 Å². The Hall–Kier alpha value is -1.85. The van der Waals surface area contributed by atoms with Gasteiger partial charge in [0, 0.05) is 25.3 Å². The summed E-state index contributed by atoms with van der Waals surface area (Å²) in [6.45, 7) is 3.39. The molecule has 112 valence electrons. The molecule has 0 unspecified atom stereocenters. The van der Waals surface area contributed by atoms with Gasteiger partial charge in [-0.2, -0.15) is 5.10 Å². The second-order valence-corrected chi connectivity index (χ2v) is 5.26. The molecule has 0 saturated carbocycles. The van der Waals surface area contributed by atoms with Crippen LogP contribution in [0.5, 0.6) is 0 Å². The fourth-order valence-electron chi connectivity index (χ4n) is 2.54. The van der Waals surface area contributed by atoms with Crippen LogP contribution in [-0.2, 0) is 0 Å². The molecule has 1 aliphatic heterocycles. The van der Waals surface area contributed by atoms with E-state index in [2.05, 4.69) is 5.10 Å². The van der Waals surface area contributed by atoms with Crippen molar-refractivity contribution in [1.82, 2.24) is 14.7 Å². The maximum Gasteiger partial charge on any atom is 0.257 e. The van der Waals surface area contributed by atoms with E-state index in [9.17, 15) is 4.79 Å². The van der Waals surface area contributed by atoms with Crippen LogP contribution in [0.15, 0.2) is 36.7 Å². The molecule has 3 rings (SSSR count). The van der Waals surface area contributed by atoms with Crippen LogP contribution in [0.4, 0.5) is 0 Å². The average molecular weight is 307 g/mol. The molecule has 0 aliphatic carbocycles. The van der Waals surface area contributed by atoms with E-state index in [4.69, 9.17) is 5.73 Å². The minimum Gasteiger partial charge on any atom is -0.337 e. The van der Waals surface area contributed by atoms with Crippen LogP contribution in [0.1, 0.15) is 22.3 Å². The molecule has 1 amide bonds. The van der Waals surface area contributed by atoms with E-state index in [-0.39, 0.29) is 24.4 Å². The highest BCUT2D eigenvalue weighted by atomic mass is 35.5. The van der Waals surface area contributed by atoms with E-state index in [0.717, 1.165) is 24.2 Å². The third-order valence-corrected chi connectivity index (χ3v) is 3.70. The van der Waals surface area contributed by atoms with Crippen LogP contribution in [0.25, 0.3) is 5.69 Å². The number of aromatic nitrogens is 2. The van der Waals surface area contributed by atoms with Gasteiger partial charge >= 0.3 is 0 Å². The van der Waals surface area contributed by atoms with Gasteiger partial charge in [0.2, 0.25) is 0 Å². The minimum atomic E-state index is 0. The predicted octanol–water partition coefficient (Wildman–Crippen LogP) is 1.78. The van der Waals surface area contributed by atoms with Crippen molar-refractivity contribution in [2.45, 2.75) is 19.4 Å². The number of rotatable bonds is 2. The fraction of sp³-hybridized carbons (Fsp3) is 0.333. The van der Waals surface area contributed by atoms with Gasteiger partial charge in [-0.1, -0.05) is 18.2 Å². The quantitative estimate of drug-likeness (QED) is 0.920. The van der Waals surface area contributed by atoms with E-state index >= 15 is 0 Å². The average Bonchev–Trinajstić information content (AvgIpc) is 3.07. The van der Waals surface area contributed by atoms with Gasteiger partial charge in [0.15, 0.2) is 0 Å². The Kier molecular flexibility index (Phi) is 4.65. The van der Waals surface area contributed by atoms with E-state index in [1.165, 1.54) is 0 Å². The Morgan fingerprint density at radius 2 is 2.14 bits per heavy atom. The van der Waals surface area contributed by atoms with Crippen molar-refractivity contribution < 1.29 is 4.79 Å². The first-order valence-electron chi connectivity index (χ1n) is 6.80. The molecule has 1 atom stereocenters. The molecule has 1 aliphatic rings. The van der Waals surface area contributed by atoms with Gasteiger partial charge < -0.3 is 10.6 Å². The summed E-state index contributed by atoms with van der Waals surface area (Å²) in [6, 6.07) is 8.07. The van der Waals surface area contributed by atoms with Crippen LogP contribution >= 0.6 is 12.4 Å². The smallest absolute Gasteiger partial charge is 0.257 e. The molecule has 1 aromatic heterocycles. The third-order valence-electron chi connectivity index (χ3n) is 3.70. The number of carbonyl (C=O) groups is 1. The first-order chi connectivity index (χ1) is 9.65. The third kappa shape index (κ3) is 3.09. The van der Waals surface area contributed by atoms with Crippen LogP contribution in [-0.4, -0.2) is 39.7 Å². The highest BCUT2D eigenvalue weighted by Crippen LogP contribution is 2.16. The fourth-order valence-corrected chi connectivity index (χ4v) is 2.54. The van der Waals surface area contributed by atoms with Crippen molar-refractivity contribution in [2.75, 3.05) is 13.1 Å². The van der Waals surface area contributed by atoms with Crippen LogP contribution in [0.2, 0.25) is 0 Å². The SMILES string of the molecule is Cc1ccccc1-n1cc(C(=O)N2CC[C@H](N)C2)cn1.Cl. The maximum absolute atomic E-state index is 12.3. The summed E-state index contributed by atoms with van der Waals surface area (Å²) >= 11 is 0. The maximum atomic E-state index is 12.3. The van der Waals surface area contributed by atoms with Crippen molar-refractivity contribution in [2.24, 2.45) is 5.73 Å². The molecule has 0 radical (unpaired) electrons. The molecule has 1 saturated heterocycles. The number of hydrogen-bond donors (Lipinski definition) is 1. The van der Waals surface area contributed by atoms with Crippen molar-refractivity contribution in [1.29, 1.82) is 0 Å². The van der Waals surface area contributed by atoms with E-state index in [1.807, 2.05) is 31.2 Å². The first kappa shape index (κ1) is 15.5. The Morgan fingerprint density at radius 3 is 2.81 bits per heavy atom. The Labute approximate surface area is 130 Å². The lowest BCUT2D eigenvalue weighted by Crippen LogP contribution is -2.31. The highest BCUT2D eigenvalue weighted by molar-refractivity contribution is 5.94. The van der Waals surface area contributed by atoms with Gasteiger partial charge in [-0.05, 0) is 25.0 Å². The molecule has 2 N–H and O–H groups in total. The standard InChI is InChI=1S/C15H18N4O.ClH/c1-11-4-2-3-5-14(11)19-9-12(8-17-19)15(20)18-7-6-13(16)10-18;/h2-5,8-9,13H,6-7,10,16H2,1H3;1H/t13-;/m0./s1. The number of benzene rings is 1. The molecule has 2 heterocycles. The van der Waals surface area contributed by atoms with Gasteiger partial charge in [-0.25, -0.2) is 4.68 Å². The topological polar surface area (TPSA) is 64.2 Å². The summed E-state index contributed by atoms with van der Waals surface area (Å²) in [7, 11) is 0. The number of hydrogen-bond acceptors (Lipinski definition) is 3. The van der Waals surface area contributed by atoms with Gasteiger partial charge in [0.1, 0.15) is 0 Å². The molecule has 1 aromatic carbocycles. The number of halogens is 1. The van der Waals surface area contributed by atoms with Crippen LogP contribution in [0.3, 0.4) is 0 Å². The minimum absolute atomic E-state index is 0. The van der Waals surface area contributed by atoms with Crippen molar-refractivity contribution in [3.63, 3.8) is 0 Å². The number of nitrogens with zero attached hydrogens (tertiary/aromatic N) is 3. The molecular weight excluding hydrogens is 288 g/mol. The van der Waals surface area contributed by atoms with E-state index in [1.54, 1.807) is 22.0 Å². The number of amides is 1. The summed E-state index contributed by atoms with van der Waals surface area (Å²) in [4.78, 5) is 14.1. The van der Waals surface area contributed by atoms with Gasteiger partial charge in [0.05, 0.1) is 17.4 Å². The summed E-state index contributed by atoms with van der Waals surface area (Å²) in [5.41, 5.74) is 8.57. The normalized spacial score (nSPS) is 17.6. The monoisotopic (exact) mass is 306 g/mol. The highest BCUT2D eigenvalue weighted by Gasteiger charge is 2.25. The zero-order chi connectivity index (χ0) is 14.1. The molecule has 2 aromatic rings. The van der Waals surface area contributed by atoms with Gasteiger partial charge in [-0.3, -0.25) is 4.79 Å². The summed E-state index contributed by atoms with van der Waals surface area (Å²) < 4.78 is 1.75. The number of carbonyl (C=O) groups excluding carboxylic acids is 1. The van der Waals surface area contributed by atoms with Crippen molar-refractivity contribution in [3.8, 4) is 5.69 Å². The number of likely N-dealkylation sites (tertiary alicyclic amines) is 1. The second-order valence-electron chi connectivity index (χ2n) is 5.26. The number of nitrogens with two attached hydrogens (primary N) is 1. The zero-order valence-electron chi connectivity index (χ0n) is 11.9. The molecule has 0 spiro atoms. The second kappa shape index (κ2) is 6.28. The zero-order valence-corrected chi connectivity index (χ0v) is 12.7. The molecule has 21 heavy (non-hydrogen) atoms. The number of aryl methyl sites for hydroxylation is 1. The Morgan fingerprint density at radius 1 is 1.38 bits per heavy atom. The van der Waals surface area contributed by atoms with Crippen molar-refractivity contribution in [3.05, 3.63) is 47.8 Å². The molecular formula is C15H19ClN4O. The Balaban J connectivity index is 0.00000161. The van der Waals surface area contributed by atoms with E-state index < -0.39 is 0 Å². The molecule has 1 fully saturated rings.